The molecule has 0 radical (unpaired) electrons. The summed E-state index contributed by atoms with van der Waals surface area (Å²) in [6.45, 7) is 6.37. The highest BCUT2D eigenvalue weighted by atomic mass is 16.3. The van der Waals surface area contributed by atoms with Crippen LogP contribution in [0.3, 0.4) is 0 Å². The second-order valence-electron chi connectivity index (χ2n) is 4.56. The van der Waals surface area contributed by atoms with Gasteiger partial charge in [0.05, 0.1) is 17.7 Å². The van der Waals surface area contributed by atoms with E-state index >= 15 is 0 Å². The van der Waals surface area contributed by atoms with Gasteiger partial charge in [-0.2, -0.15) is 5.26 Å². The van der Waals surface area contributed by atoms with Crippen LogP contribution in [0.2, 0.25) is 0 Å². The number of nitrogens with one attached hydrogen (secondary N) is 1. The van der Waals surface area contributed by atoms with Gasteiger partial charge < -0.3 is 10.4 Å². The Bertz CT molecular complexity index is 374. The summed E-state index contributed by atoms with van der Waals surface area (Å²) in [5, 5.41) is 21.5. The van der Waals surface area contributed by atoms with E-state index in [1.165, 1.54) is 0 Å². The van der Waals surface area contributed by atoms with E-state index in [-0.39, 0.29) is 5.54 Å². The standard InChI is InChI=1S/C13H18N2O/c1-10(16)13(2,3)15-9-12-6-4-11(8-14)5-7-12/h4-7,10,15-16H,9H2,1-3H3. The maximum absolute atomic E-state index is 9.53. The molecule has 0 heterocycles. The van der Waals surface area contributed by atoms with E-state index in [0.717, 1.165) is 5.56 Å². The smallest absolute Gasteiger partial charge is 0.0991 e. The normalized spacial score (nSPS) is 13.2. The minimum absolute atomic E-state index is 0.312. The van der Waals surface area contributed by atoms with Gasteiger partial charge in [0, 0.05) is 12.1 Å². The van der Waals surface area contributed by atoms with Crippen molar-refractivity contribution in [3.05, 3.63) is 35.4 Å². The Morgan fingerprint density at radius 2 is 1.94 bits per heavy atom. The third-order valence-electron chi connectivity index (χ3n) is 2.88. The maximum Gasteiger partial charge on any atom is 0.0991 e. The number of nitrogens with zero attached hydrogens (tertiary/aromatic N) is 1. The van der Waals surface area contributed by atoms with Crippen LogP contribution in [0.15, 0.2) is 24.3 Å². The molecule has 86 valence electrons. The van der Waals surface area contributed by atoms with Crippen LogP contribution in [0.1, 0.15) is 31.9 Å². The Labute approximate surface area is 96.7 Å². The zero-order chi connectivity index (χ0) is 12.2. The highest BCUT2D eigenvalue weighted by Crippen LogP contribution is 2.10. The molecule has 1 unspecified atom stereocenters. The molecule has 1 rings (SSSR count). The van der Waals surface area contributed by atoms with Gasteiger partial charge in [-0.3, -0.25) is 0 Å². The molecule has 16 heavy (non-hydrogen) atoms. The first-order valence-corrected chi connectivity index (χ1v) is 5.38. The van der Waals surface area contributed by atoms with Gasteiger partial charge in [-0.25, -0.2) is 0 Å². The van der Waals surface area contributed by atoms with Crippen molar-refractivity contribution in [2.75, 3.05) is 0 Å². The summed E-state index contributed by atoms with van der Waals surface area (Å²) in [4.78, 5) is 0. The number of aliphatic hydroxyl groups excluding tert-OH is 1. The van der Waals surface area contributed by atoms with Crippen molar-refractivity contribution in [2.24, 2.45) is 0 Å². The first kappa shape index (κ1) is 12.7. The SMILES string of the molecule is CC(O)C(C)(C)NCc1ccc(C#N)cc1. The van der Waals surface area contributed by atoms with E-state index in [4.69, 9.17) is 5.26 Å². The largest absolute Gasteiger partial charge is 0.392 e. The van der Waals surface area contributed by atoms with Gasteiger partial charge >= 0.3 is 0 Å². The van der Waals surface area contributed by atoms with Crippen molar-refractivity contribution in [1.82, 2.24) is 5.32 Å². The Morgan fingerprint density at radius 1 is 1.38 bits per heavy atom. The zero-order valence-electron chi connectivity index (χ0n) is 9.99. The number of benzene rings is 1. The lowest BCUT2D eigenvalue weighted by molar-refractivity contribution is 0.0956. The topological polar surface area (TPSA) is 56.0 Å². The Morgan fingerprint density at radius 3 is 2.38 bits per heavy atom. The monoisotopic (exact) mass is 218 g/mol. The van der Waals surface area contributed by atoms with Crippen molar-refractivity contribution < 1.29 is 5.11 Å². The van der Waals surface area contributed by atoms with Crippen molar-refractivity contribution in [1.29, 1.82) is 5.26 Å². The van der Waals surface area contributed by atoms with Crippen LogP contribution in [-0.4, -0.2) is 16.7 Å². The summed E-state index contributed by atoms with van der Waals surface area (Å²) in [6, 6.07) is 9.52. The van der Waals surface area contributed by atoms with Crippen LogP contribution in [0.25, 0.3) is 0 Å². The fraction of sp³-hybridized carbons (Fsp3) is 0.462. The van der Waals surface area contributed by atoms with Gasteiger partial charge in [0.2, 0.25) is 0 Å². The van der Waals surface area contributed by atoms with E-state index in [9.17, 15) is 5.11 Å². The molecule has 2 N–H and O–H groups in total. The lowest BCUT2D eigenvalue weighted by atomic mass is 9.98. The second-order valence-corrected chi connectivity index (χ2v) is 4.56. The molecule has 0 bridgehead atoms. The van der Waals surface area contributed by atoms with Crippen LogP contribution in [-0.2, 0) is 6.54 Å². The lowest BCUT2D eigenvalue weighted by Gasteiger charge is -2.29. The molecule has 3 heteroatoms. The quantitative estimate of drug-likeness (QED) is 0.810. The summed E-state index contributed by atoms with van der Waals surface area (Å²) in [5.74, 6) is 0. The Kier molecular flexibility index (Phi) is 4.05. The number of hydrogen-bond donors (Lipinski definition) is 2. The molecule has 0 aliphatic rings. The van der Waals surface area contributed by atoms with Crippen molar-refractivity contribution >= 4 is 0 Å². The zero-order valence-corrected chi connectivity index (χ0v) is 9.99. The van der Waals surface area contributed by atoms with Gasteiger partial charge in [-0.1, -0.05) is 12.1 Å². The Balaban J connectivity index is 2.59. The average Bonchev–Trinajstić information content (AvgIpc) is 2.27. The van der Waals surface area contributed by atoms with Gasteiger partial charge in [0.15, 0.2) is 0 Å². The minimum Gasteiger partial charge on any atom is -0.392 e. The maximum atomic E-state index is 9.53. The van der Waals surface area contributed by atoms with Crippen LogP contribution < -0.4 is 5.32 Å². The van der Waals surface area contributed by atoms with Gasteiger partial charge in [-0.15, -0.1) is 0 Å². The predicted molar refractivity (Wildman–Crippen MR) is 63.8 cm³/mol. The number of nitriles is 1. The molecule has 0 amide bonds. The second kappa shape index (κ2) is 5.11. The first-order valence-electron chi connectivity index (χ1n) is 5.38. The summed E-state index contributed by atoms with van der Waals surface area (Å²) in [6.07, 6.45) is -0.411. The fourth-order valence-electron chi connectivity index (χ4n) is 1.17. The molecule has 3 nitrogen and oxygen atoms in total. The summed E-state index contributed by atoms with van der Waals surface area (Å²) >= 11 is 0. The molecule has 0 saturated carbocycles. The van der Waals surface area contributed by atoms with Gasteiger partial charge in [0.25, 0.3) is 0 Å². The molecule has 0 aliphatic heterocycles. The first-order chi connectivity index (χ1) is 7.45. The minimum atomic E-state index is -0.411. The summed E-state index contributed by atoms with van der Waals surface area (Å²) < 4.78 is 0. The number of hydrogen-bond acceptors (Lipinski definition) is 3. The molecular formula is C13H18N2O. The highest BCUT2D eigenvalue weighted by Gasteiger charge is 2.22. The predicted octanol–water partition coefficient (Wildman–Crippen LogP) is 1.81. The average molecular weight is 218 g/mol. The molecule has 0 aromatic heterocycles. The third-order valence-corrected chi connectivity index (χ3v) is 2.88. The van der Waals surface area contributed by atoms with Gasteiger partial charge in [-0.05, 0) is 38.5 Å². The molecule has 1 atom stereocenters. The Hall–Kier alpha value is -1.37. The van der Waals surface area contributed by atoms with E-state index in [2.05, 4.69) is 11.4 Å². The molecule has 1 aromatic carbocycles. The van der Waals surface area contributed by atoms with Crippen LogP contribution in [0.4, 0.5) is 0 Å². The lowest BCUT2D eigenvalue weighted by Crippen LogP contribution is -2.47. The van der Waals surface area contributed by atoms with E-state index in [1.54, 1.807) is 19.1 Å². The third kappa shape index (κ3) is 3.34. The van der Waals surface area contributed by atoms with Gasteiger partial charge in [0.1, 0.15) is 0 Å². The molecule has 0 spiro atoms. The molecule has 1 aromatic rings. The molecular weight excluding hydrogens is 200 g/mol. The molecule has 0 saturated heterocycles. The van der Waals surface area contributed by atoms with Crippen LogP contribution in [0, 0.1) is 11.3 Å². The van der Waals surface area contributed by atoms with Crippen LogP contribution in [0.5, 0.6) is 0 Å². The number of aliphatic hydroxyl groups is 1. The van der Waals surface area contributed by atoms with E-state index in [0.29, 0.717) is 12.1 Å². The fourth-order valence-corrected chi connectivity index (χ4v) is 1.17. The van der Waals surface area contributed by atoms with Crippen molar-refractivity contribution in [2.45, 2.75) is 39.0 Å². The molecule has 0 fully saturated rings. The van der Waals surface area contributed by atoms with Crippen LogP contribution >= 0.6 is 0 Å². The molecule has 0 aliphatic carbocycles. The summed E-state index contributed by atoms with van der Waals surface area (Å²) in [7, 11) is 0. The number of rotatable bonds is 4. The van der Waals surface area contributed by atoms with Crippen molar-refractivity contribution in [3.8, 4) is 6.07 Å². The highest BCUT2D eigenvalue weighted by molar-refractivity contribution is 5.31. The van der Waals surface area contributed by atoms with E-state index < -0.39 is 6.10 Å². The van der Waals surface area contributed by atoms with Crippen molar-refractivity contribution in [3.63, 3.8) is 0 Å². The van der Waals surface area contributed by atoms with E-state index in [1.807, 2.05) is 26.0 Å². The summed E-state index contributed by atoms with van der Waals surface area (Å²) in [5.41, 5.74) is 1.46.